The molecule has 0 aromatic heterocycles. The first-order chi connectivity index (χ1) is 18.3. The van der Waals surface area contributed by atoms with E-state index in [0.29, 0.717) is 18.0 Å². The van der Waals surface area contributed by atoms with Crippen molar-refractivity contribution in [1.29, 1.82) is 5.53 Å². The normalized spacial score (nSPS) is 18.3. The number of hydrazone groups is 1. The van der Waals surface area contributed by atoms with Gasteiger partial charge in [0.25, 0.3) is 11.9 Å². The molecule has 1 aliphatic carbocycles. The van der Waals surface area contributed by atoms with Gasteiger partial charge in [-0.2, -0.15) is 0 Å². The fraction of sp³-hybridized carbons (Fsp3) is 0.464. The summed E-state index contributed by atoms with van der Waals surface area (Å²) >= 11 is 0. The smallest absolute Gasteiger partial charge is 0.265 e. The molecule has 210 valence electrons. The van der Waals surface area contributed by atoms with E-state index in [9.17, 15) is 18.0 Å². The summed E-state index contributed by atoms with van der Waals surface area (Å²) in [5.74, 6) is 4.89. The summed E-state index contributed by atoms with van der Waals surface area (Å²) in [6.45, 7) is 7.18. The van der Waals surface area contributed by atoms with Gasteiger partial charge in [-0.3, -0.25) is 14.9 Å². The molecule has 0 aliphatic heterocycles. The lowest BCUT2D eigenvalue weighted by molar-refractivity contribution is -0.134. The van der Waals surface area contributed by atoms with Crippen LogP contribution in [0.15, 0.2) is 63.6 Å². The third-order valence-electron chi connectivity index (χ3n) is 7.41. The van der Waals surface area contributed by atoms with Crippen LogP contribution in [-0.4, -0.2) is 43.4 Å². The Bertz CT molecular complexity index is 1310. The Kier molecular flexibility index (Phi) is 9.60. The molecular weight excluding hydrogens is 516 g/mol. The third-order valence-corrected chi connectivity index (χ3v) is 8.54. The van der Waals surface area contributed by atoms with Gasteiger partial charge in [-0.15, -0.1) is 10.2 Å². The molecule has 0 heterocycles. The first kappa shape index (κ1) is 29.9. The first-order valence-electron chi connectivity index (χ1n) is 13.0. The summed E-state index contributed by atoms with van der Waals surface area (Å²) in [4.78, 5) is 28.1. The van der Waals surface area contributed by atoms with Crippen LogP contribution >= 0.6 is 0 Å². The molecule has 1 aliphatic rings. The summed E-state index contributed by atoms with van der Waals surface area (Å²) in [6.07, 6.45) is 5.26. The predicted molar refractivity (Wildman–Crippen MR) is 150 cm³/mol. The average Bonchev–Trinajstić information content (AvgIpc) is 2.90. The number of amides is 2. The second kappa shape index (κ2) is 12.5. The van der Waals surface area contributed by atoms with Crippen LogP contribution < -0.4 is 11.2 Å². The highest BCUT2D eigenvalue weighted by Crippen LogP contribution is 2.39. The van der Waals surface area contributed by atoms with Crippen molar-refractivity contribution in [3.63, 3.8) is 0 Å². The van der Waals surface area contributed by atoms with Crippen molar-refractivity contribution in [2.24, 2.45) is 27.4 Å². The first-order valence-corrected chi connectivity index (χ1v) is 14.8. The van der Waals surface area contributed by atoms with Crippen LogP contribution in [0.2, 0.25) is 0 Å². The maximum absolute atomic E-state index is 13.6. The fourth-order valence-corrected chi connectivity index (χ4v) is 5.66. The second-order valence-corrected chi connectivity index (χ2v) is 13.2. The number of nitrogens with two attached hydrogens (primary N) is 1. The molecule has 0 spiro atoms. The Labute approximate surface area is 230 Å². The zero-order chi connectivity index (χ0) is 28.8. The van der Waals surface area contributed by atoms with E-state index in [4.69, 9.17) is 11.4 Å². The van der Waals surface area contributed by atoms with Crippen LogP contribution in [0, 0.1) is 16.9 Å². The van der Waals surface area contributed by atoms with Gasteiger partial charge in [0.15, 0.2) is 9.84 Å². The molecule has 2 aromatic rings. The highest BCUT2D eigenvalue weighted by atomic mass is 32.2. The summed E-state index contributed by atoms with van der Waals surface area (Å²) < 4.78 is 23.6. The largest absolute Gasteiger partial charge is 0.335 e. The highest BCUT2D eigenvalue weighted by molar-refractivity contribution is 7.90. The van der Waals surface area contributed by atoms with E-state index >= 15 is 0 Å². The quantitative estimate of drug-likeness (QED) is 0.153. The van der Waals surface area contributed by atoms with Crippen LogP contribution in [0.4, 0.5) is 0 Å². The van der Waals surface area contributed by atoms with Gasteiger partial charge in [0, 0.05) is 24.4 Å². The van der Waals surface area contributed by atoms with E-state index in [2.05, 4.69) is 36.3 Å². The lowest BCUT2D eigenvalue weighted by atomic mass is 9.71. The van der Waals surface area contributed by atoms with Crippen LogP contribution in [0.25, 0.3) is 0 Å². The number of hydrogen-bond donors (Lipinski definition) is 3. The Morgan fingerprint density at radius 1 is 1.00 bits per heavy atom. The number of sulfone groups is 1. The van der Waals surface area contributed by atoms with E-state index in [1.54, 1.807) is 36.4 Å². The van der Waals surface area contributed by atoms with Crippen molar-refractivity contribution in [2.45, 2.75) is 70.4 Å². The van der Waals surface area contributed by atoms with E-state index in [-0.39, 0.29) is 34.6 Å². The Morgan fingerprint density at radius 2 is 1.56 bits per heavy atom. The van der Waals surface area contributed by atoms with E-state index in [1.165, 1.54) is 12.1 Å². The minimum absolute atomic E-state index is 0.0241. The minimum Gasteiger partial charge on any atom is -0.335 e. The lowest BCUT2D eigenvalue weighted by Crippen LogP contribution is -2.43. The van der Waals surface area contributed by atoms with E-state index in [1.807, 2.05) is 4.90 Å². The van der Waals surface area contributed by atoms with Gasteiger partial charge in [0.05, 0.1) is 11.3 Å². The number of nitrogens with zero attached hydrogens (tertiary/aromatic N) is 3. The lowest BCUT2D eigenvalue weighted by Gasteiger charge is -2.41. The van der Waals surface area contributed by atoms with Crippen molar-refractivity contribution in [2.75, 3.05) is 6.26 Å². The maximum Gasteiger partial charge on any atom is 0.265 e. The molecule has 2 amide bonds. The molecule has 1 saturated carbocycles. The molecule has 0 saturated heterocycles. The van der Waals surface area contributed by atoms with Gasteiger partial charge in [-0.1, -0.05) is 45.0 Å². The SMILES string of the molecule is CC(C)(C)C1CCC(N(Cc2ccc(C(=O)N/C(N=N)=N/N)cc2)C(=O)Cc2ccc(S(C)(=O)=O)cc2)CC1. The van der Waals surface area contributed by atoms with Crippen LogP contribution in [0.3, 0.4) is 0 Å². The number of rotatable bonds is 7. The van der Waals surface area contributed by atoms with Gasteiger partial charge >= 0.3 is 0 Å². The Hall–Kier alpha value is -3.60. The fourth-order valence-electron chi connectivity index (χ4n) is 5.03. The van der Waals surface area contributed by atoms with E-state index < -0.39 is 15.7 Å². The molecule has 1 fully saturated rings. The number of carbonyl (C=O) groups excluding carboxylic acids is 2. The number of guanidine groups is 1. The summed E-state index contributed by atoms with van der Waals surface area (Å²) in [7, 11) is -3.31. The Morgan fingerprint density at radius 3 is 2.05 bits per heavy atom. The molecule has 2 aromatic carbocycles. The van der Waals surface area contributed by atoms with E-state index in [0.717, 1.165) is 43.1 Å². The number of benzene rings is 2. The molecule has 11 heteroatoms. The third kappa shape index (κ3) is 8.19. The van der Waals surface area contributed by atoms with Gasteiger partial charge in [-0.25, -0.2) is 13.9 Å². The molecule has 0 radical (unpaired) electrons. The van der Waals surface area contributed by atoms with Crippen molar-refractivity contribution in [3.8, 4) is 0 Å². The zero-order valence-corrected chi connectivity index (χ0v) is 23.8. The maximum atomic E-state index is 13.6. The number of nitrogens with one attached hydrogen (secondary N) is 2. The van der Waals surface area contributed by atoms with Crippen molar-refractivity contribution in [3.05, 3.63) is 65.2 Å². The van der Waals surface area contributed by atoms with Gasteiger partial charge in [0.2, 0.25) is 5.91 Å². The van der Waals surface area contributed by atoms with Crippen molar-refractivity contribution < 1.29 is 18.0 Å². The molecule has 0 atom stereocenters. The molecule has 3 rings (SSSR count). The van der Waals surface area contributed by atoms with Crippen LogP contribution in [0.1, 0.15) is 67.9 Å². The zero-order valence-electron chi connectivity index (χ0n) is 23.0. The molecule has 4 N–H and O–H groups in total. The van der Waals surface area contributed by atoms with Gasteiger partial charge in [0.1, 0.15) is 0 Å². The minimum atomic E-state index is -3.31. The number of carbonyl (C=O) groups is 2. The average molecular weight is 555 g/mol. The summed E-state index contributed by atoms with van der Waals surface area (Å²) in [5.41, 5.74) is 9.16. The topological polar surface area (TPSA) is 158 Å². The standard InChI is InChI=1S/C28H38N6O4S/c1-28(2,3)22-11-13-23(14-12-22)34(25(35)17-19-7-15-24(16-8-19)39(4,37)38)18-20-5-9-21(10-6-20)26(36)31-27(32-29)33-30/h5-10,15-16,22-23,29H,11-14,17-18,30H2,1-4H3,(H,31,33,36). The molecular formula is C28H38N6O4S. The van der Waals surface area contributed by atoms with Crippen molar-refractivity contribution >= 4 is 27.6 Å². The highest BCUT2D eigenvalue weighted by Gasteiger charge is 2.33. The van der Waals surface area contributed by atoms with Crippen LogP contribution in [0.5, 0.6) is 0 Å². The van der Waals surface area contributed by atoms with Gasteiger partial charge < -0.3 is 10.7 Å². The summed E-state index contributed by atoms with van der Waals surface area (Å²) in [5, 5.41) is 8.62. The van der Waals surface area contributed by atoms with Crippen molar-refractivity contribution in [1.82, 2.24) is 10.2 Å². The second-order valence-electron chi connectivity index (χ2n) is 11.2. The van der Waals surface area contributed by atoms with Crippen LogP contribution in [-0.2, 0) is 27.6 Å². The predicted octanol–water partition coefficient (Wildman–Crippen LogP) is 4.26. The monoisotopic (exact) mass is 554 g/mol. The molecule has 0 unspecified atom stereocenters. The molecule has 0 bridgehead atoms. The number of hydrogen-bond acceptors (Lipinski definition) is 7. The summed E-state index contributed by atoms with van der Waals surface area (Å²) in [6, 6.07) is 13.4. The molecule has 39 heavy (non-hydrogen) atoms. The Balaban J connectivity index is 1.78. The van der Waals surface area contributed by atoms with Gasteiger partial charge in [-0.05, 0) is 72.4 Å². The molecule has 10 nitrogen and oxygen atoms in total.